The van der Waals surface area contributed by atoms with Gasteiger partial charge in [-0.1, -0.05) is 6.07 Å². The Bertz CT molecular complexity index is 933. The molecule has 1 aromatic carbocycles. The Kier molecular flexibility index (Phi) is 4.49. The van der Waals surface area contributed by atoms with Gasteiger partial charge in [0.25, 0.3) is 23.6 Å². The fourth-order valence-corrected chi connectivity index (χ4v) is 4.51. The quantitative estimate of drug-likeness (QED) is 0.758. The van der Waals surface area contributed by atoms with Crippen molar-refractivity contribution in [1.29, 1.82) is 0 Å². The third kappa shape index (κ3) is 2.99. The van der Waals surface area contributed by atoms with Crippen molar-refractivity contribution in [3.8, 4) is 0 Å². The molecule has 2 heterocycles. The standard InChI is InChI=1S/C22H22N2O4/c1-13-11-17(23-19(25)9-10-20(23)26)7-8-18(13)15-3-5-16(6-4-15)24-21(27)12-14(2)22(24)28/h7-12,15-16H,3-6H2,1-2H3. The van der Waals surface area contributed by atoms with E-state index >= 15 is 0 Å². The van der Waals surface area contributed by atoms with E-state index in [-0.39, 0.29) is 29.7 Å². The number of carbonyl (C=O) groups is 4. The van der Waals surface area contributed by atoms with Crippen LogP contribution in [0.3, 0.4) is 0 Å². The predicted molar refractivity (Wildman–Crippen MR) is 103 cm³/mol. The Morgan fingerprint density at radius 2 is 1.50 bits per heavy atom. The molecule has 6 nitrogen and oxygen atoms in total. The summed E-state index contributed by atoms with van der Waals surface area (Å²) in [5.41, 5.74) is 3.34. The van der Waals surface area contributed by atoms with Crippen molar-refractivity contribution in [3.05, 3.63) is 53.1 Å². The van der Waals surface area contributed by atoms with E-state index in [2.05, 4.69) is 0 Å². The van der Waals surface area contributed by atoms with Gasteiger partial charge in [0.15, 0.2) is 0 Å². The molecule has 2 aliphatic heterocycles. The van der Waals surface area contributed by atoms with E-state index in [4.69, 9.17) is 0 Å². The Hall–Kier alpha value is -3.02. The van der Waals surface area contributed by atoms with Crippen LogP contribution in [-0.4, -0.2) is 34.6 Å². The van der Waals surface area contributed by atoms with E-state index in [9.17, 15) is 19.2 Å². The molecule has 0 aromatic heterocycles. The van der Waals surface area contributed by atoms with Gasteiger partial charge >= 0.3 is 0 Å². The second kappa shape index (κ2) is 6.86. The Labute approximate surface area is 163 Å². The number of rotatable bonds is 3. The lowest BCUT2D eigenvalue weighted by Crippen LogP contribution is -2.42. The molecule has 0 radical (unpaired) electrons. The topological polar surface area (TPSA) is 74.8 Å². The van der Waals surface area contributed by atoms with E-state index in [1.165, 1.54) is 33.6 Å². The minimum Gasteiger partial charge on any atom is -0.272 e. The van der Waals surface area contributed by atoms with Crippen LogP contribution in [0.5, 0.6) is 0 Å². The van der Waals surface area contributed by atoms with Crippen molar-refractivity contribution in [2.45, 2.75) is 51.5 Å². The van der Waals surface area contributed by atoms with Crippen LogP contribution in [0.15, 0.2) is 42.0 Å². The van der Waals surface area contributed by atoms with Crippen LogP contribution >= 0.6 is 0 Å². The zero-order valence-electron chi connectivity index (χ0n) is 16.0. The molecule has 0 bridgehead atoms. The number of nitrogens with zero attached hydrogens (tertiary/aromatic N) is 2. The molecule has 1 fully saturated rings. The molecule has 144 valence electrons. The van der Waals surface area contributed by atoms with Crippen molar-refractivity contribution in [2.75, 3.05) is 4.90 Å². The number of anilines is 1. The molecule has 0 spiro atoms. The van der Waals surface area contributed by atoms with Crippen molar-refractivity contribution in [2.24, 2.45) is 0 Å². The summed E-state index contributed by atoms with van der Waals surface area (Å²) in [6.45, 7) is 3.67. The molecule has 3 aliphatic rings. The minimum absolute atomic E-state index is 0.0320. The largest absolute Gasteiger partial charge is 0.272 e. The van der Waals surface area contributed by atoms with Crippen LogP contribution in [0.1, 0.15) is 49.7 Å². The summed E-state index contributed by atoms with van der Waals surface area (Å²) < 4.78 is 0. The first-order valence-electron chi connectivity index (χ1n) is 9.59. The summed E-state index contributed by atoms with van der Waals surface area (Å²) in [7, 11) is 0. The molecule has 0 atom stereocenters. The zero-order valence-corrected chi connectivity index (χ0v) is 16.0. The summed E-state index contributed by atoms with van der Waals surface area (Å²) in [5, 5.41) is 0. The predicted octanol–water partition coefficient (Wildman–Crippen LogP) is 2.77. The van der Waals surface area contributed by atoms with E-state index in [0.29, 0.717) is 17.2 Å². The summed E-state index contributed by atoms with van der Waals surface area (Å²) in [6.07, 6.45) is 7.35. The van der Waals surface area contributed by atoms with Gasteiger partial charge < -0.3 is 0 Å². The Morgan fingerprint density at radius 3 is 2.04 bits per heavy atom. The zero-order chi connectivity index (χ0) is 20.0. The third-order valence-electron chi connectivity index (χ3n) is 5.96. The molecule has 1 aromatic rings. The smallest absolute Gasteiger partial charge is 0.258 e. The monoisotopic (exact) mass is 378 g/mol. The lowest BCUT2D eigenvalue weighted by Gasteiger charge is -2.34. The summed E-state index contributed by atoms with van der Waals surface area (Å²) in [5.74, 6) is -0.652. The van der Waals surface area contributed by atoms with Crippen LogP contribution in [0, 0.1) is 6.92 Å². The van der Waals surface area contributed by atoms with Gasteiger partial charge in [-0.05, 0) is 68.7 Å². The first-order valence-corrected chi connectivity index (χ1v) is 9.59. The lowest BCUT2D eigenvalue weighted by atomic mass is 9.79. The maximum Gasteiger partial charge on any atom is 0.258 e. The van der Waals surface area contributed by atoms with Crippen molar-refractivity contribution in [3.63, 3.8) is 0 Å². The average Bonchev–Trinajstić information content (AvgIpc) is 3.13. The van der Waals surface area contributed by atoms with Crippen LogP contribution < -0.4 is 4.90 Å². The number of imide groups is 2. The van der Waals surface area contributed by atoms with Gasteiger partial charge in [0.1, 0.15) is 0 Å². The highest BCUT2D eigenvalue weighted by molar-refractivity contribution is 6.28. The average molecular weight is 378 g/mol. The van der Waals surface area contributed by atoms with Crippen LogP contribution in [0.4, 0.5) is 5.69 Å². The molecular formula is C22H22N2O4. The third-order valence-corrected chi connectivity index (χ3v) is 5.96. The highest BCUT2D eigenvalue weighted by Crippen LogP contribution is 2.38. The molecule has 0 saturated heterocycles. The normalized spacial score (nSPS) is 25.1. The summed E-state index contributed by atoms with van der Waals surface area (Å²) >= 11 is 0. The highest BCUT2D eigenvalue weighted by Gasteiger charge is 2.37. The molecule has 1 aliphatic carbocycles. The molecule has 1 saturated carbocycles. The number of benzene rings is 1. The number of hydrogen-bond donors (Lipinski definition) is 0. The SMILES string of the molecule is CC1=CC(=O)N(C2CCC(c3ccc(N4C(=O)C=CC4=O)cc3C)CC2)C1=O. The van der Waals surface area contributed by atoms with E-state index in [1.807, 2.05) is 25.1 Å². The van der Waals surface area contributed by atoms with Crippen molar-refractivity contribution < 1.29 is 19.2 Å². The summed E-state index contributed by atoms with van der Waals surface area (Å²) in [6, 6.07) is 5.66. The van der Waals surface area contributed by atoms with Crippen molar-refractivity contribution >= 4 is 29.3 Å². The van der Waals surface area contributed by atoms with E-state index < -0.39 is 0 Å². The van der Waals surface area contributed by atoms with Crippen LogP contribution in [0.2, 0.25) is 0 Å². The second-order valence-electron chi connectivity index (χ2n) is 7.73. The van der Waals surface area contributed by atoms with Crippen molar-refractivity contribution in [1.82, 2.24) is 4.90 Å². The second-order valence-corrected chi connectivity index (χ2v) is 7.73. The fraction of sp³-hybridized carbons (Fsp3) is 0.364. The number of carbonyl (C=O) groups excluding carboxylic acids is 4. The molecule has 4 amide bonds. The number of amides is 4. The molecular weight excluding hydrogens is 356 g/mol. The Morgan fingerprint density at radius 1 is 0.857 bits per heavy atom. The summed E-state index contributed by atoms with van der Waals surface area (Å²) in [4.78, 5) is 50.6. The first-order chi connectivity index (χ1) is 13.4. The molecule has 28 heavy (non-hydrogen) atoms. The fourth-order valence-electron chi connectivity index (χ4n) is 4.51. The number of hydrogen-bond acceptors (Lipinski definition) is 4. The lowest BCUT2D eigenvalue weighted by molar-refractivity contribution is -0.140. The van der Waals surface area contributed by atoms with Gasteiger partial charge in [0.05, 0.1) is 5.69 Å². The molecule has 0 N–H and O–H groups in total. The first kappa shape index (κ1) is 18.3. The maximum atomic E-state index is 12.2. The van der Waals surface area contributed by atoms with E-state index in [0.717, 1.165) is 31.2 Å². The number of aryl methyl sites for hydroxylation is 1. The minimum atomic E-state index is -0.318. The van der Waals surface area contributed by atoms with Gasteiger partial charge in [-0.25, -0.2) is 4.90 Å². The molecule has 6 heteroatoms. The molecule has 0 unspecified atom stereocenters. The molecule has 4 rings (SSSR count). The highest BCUT2D eigenvalue weighted by atomic mass is 16.2. The van der Waals surface area contributed by atoms with Crippen LogP contribution in [0.25, 0.3) is 0 Å². The van der Waals surface area contributed by atoms with Gasteiger partial charge in [0.2, 0.25) is 0 Å². The van der Waals surface area contributed by atoms with E-state index in [1.54, 1.807) is 6.92 Å². The van der Waals surface area contributed by atoms with Gasteiger partial charge in [-0.3, -0.25) is 24.1 Å². The Balaban J connectivity index is 1.45. The van der Waals surface area contributed by atoms with Crippen LogP contribution in [-0.2, 0) is 19.2 Å². The van der Waals surface area contributed by atoms with Gasteiger partial charge in [-0.2, -0.15) is 0 Å². The maximum absolute atomic E-state index is 12.2. The van der Waals surface area contributed by atoms with Gasteiger partial charge in [0, 0.05) is 29.8 Å². The van der Waals surface area contributed by atoms with Gasteiger partial charge in [-0.15, -0.1) is 0 Å².